The van der Waals surface area contributed by atoms with Gasteiger partial charge in [-0.25, -0.2) is 0 Å². The third-order valence-electron chi connectivity index (χ3n) is 3.29. The molecule has 0 radical (unpaired) electrons. The highest BCUT2D eigenvalue weighted by atomic mass is 14.8. The van der Waals surface area contributed by atoms with Crippen molar-refractivity contribution in [1.29, 1.82) is 0 Å². The summed E-state index contributed by atoms with van der Waals surface area (Å²) in [5.41, 5.74) is 3.56. The Labute approximate surface area is 119 Å². The first-order valence-corrected chi connectivity index (χ1v) is 7.34. The van der Waals surface area contributed by atoms with E-state index in [0.717, 1.165) is 37.1 Å². The Bertz CT molecular complexity index is 348. The van der Waals surface area contributed by atoms with Crippen molar-refractivity contribution in [2.24, 2.45) is 9.98 Å². The van der Waals surface area contributed by atoms with Crippen LogP contribution in [-0.2, 0) is 0 Å². The van der Waals surface area contributed by atoms with E-state index in [1.165, 1.54) is 12.0 Å². The van der Waals surface area contributed by atoms with Gasteiger partial charge in [-0.05, 0) is 59.6 Å². The Morgan fingerprint density at radius 3 is 2.47 bits per heavy atom. The highest BCUT2D eigenvalue weighted by Gasteiger charge is 2.08. The molecule has 0 heterocycles. The van der Waals surface area contributed by atoms with Crippen molar-refractivity contribution in [2.75, 3.05) is 0 Å². The van der Waals surface area contributed by atoms with Gasteiger partial charge in [-0.1, -0.05) is 25.2 Å². The van der Waals surface area contributed by atoms with E-state index in [1.807, 2.05) is 13.1 Å². The summed E-state index contributed by atoms with van der Waals surface area (Å²) in [7, 11) is 0. The van der Waals surface area contributed by atoms with E-state index in [-0.39, 0.29) is 0 Å². The first kappa shape index (κ1) is 17.8. The number of nitrogens with zero attached hydrogens (tertiary/aromatic N) is 2. The van der Waals surface area contributed by atoms with E-state index in [2.05, 4.69) is 50.3 Å². The molecule has 0 bridgehead atoms. The molecule has 0 N–H and O–H groups in total. The second kappa shape index (κ2) is 10.7. The average Bonchev–Trinajstić information content (AvgIpc) is 2.38. The summed E-state index contributed by atoms with van der Waals surface area (Å²) in [5.74, 6) is 0. The third-order valence-corrected chi connectivity index (χ3v) is 3.29. The molecule has 0 rings (SSSR count). The van der Waals surface area contributed by atoms with Crippen LogP contribution in [0.4, 0.5) is 0 Å². The SMILES string of the molecule is C=C(CC(CCC/C(C)=C/C)N=CC)N=C(C)CC. The lowest BCUT2D eigenvalue weighted by Crippen LogP contribution is -2.06. The van der Waals surface area contributed by atoms with Gasteiger partial charge in [0.15, 0.2) is 0 Å². The van der Waals surface area contributed by atoms with Crippen LogP contribution in [0.5, 0.6) is 0 Å². The van der Waals surface area contributed by atoms with Crippen LogP contribution in [0.1, 0.15) is 66.7 Å². The Hall–Kier alpha value is -1.18. The standard InChI is InChI=1S/C17H30N2/c1-7-14(4)11-10-12-17(18-9-3)13-16(6)19-15(5)8-2/h7,9,17H,6,8,10-13H2,1-5H3/b14-7+,18-9?,19-15?. The van der Waals surface area contributed by atoms with Crippen molar-refractivity contribution >= 4 is 11.9 Å². The van der Waals surface area contributed by atoms with Gasteiger partial charge < -0.3 is 0 Å². The Morgan fingerprint density at radius 2 is 1.95 bits per heavy atom. The van der Waals surface area contributed by atoms with Crippen LogP contribution in [-0.4, -0.2) is 18.0 Å². The maximum absolute atomic E-state index is 4.55. The Morgan fingerprint density at radius 1 is 1.26 bits per heavy atom. The van der Waals surface area contributed by atoms with Crippen LogP contribution >= 0.6 is 0 Å². The molecular formula is C17H30N2. The summed E-state index contributed by atoms with van der Waals surface area (Å²) >= 11 is 0. The molecule has 19 heavy (non-hydrogen) atoms. The molecule has 0 spiro atoms. The average molecular weight is 262 g/mol. The molecule has 2 heteroatoms. The minimum absolute atomic E-state index is 0.329. The fraction of sp³-hybridized carbons (Fsp3) is 0.647. The molecule has 1 atom stereocenters. The van der Waals surface area contributed by atoms with E-state index in [4.69, 9.17) is 0 Å². The molecular weight excluding hydrogens is 232 g/mol. The van der Waals surface area contributed by atoms with Crippen molar-refractivity contribution in [1.82, 2.24) is 0 Å². The second-order valence-corrected chi connectivity index (χ2v) is 5.06. The fourth-order valence-electron chi connectivity index (χ4n) is 1.87. The van der Waals surface area contributed by atoms with Crippen molar-refractivity contribution in [3.63, 3.8) is 0 Å². The van der Waals surface area contributed by atoms with E-state index >= 15 is 0 Å². The molecule has 2 nitrogen and oxygen atoms in total. The lowest BCUT2D eigenvalue weighted by molar-refractivity contribution is 0.579. The molecule has 1 unspecified atom stereocenters. The maximum atomic E-state index is 4.55. The predicted octanol–water partition coefficient (Wildman–Crippen LogP) is 5.36. The minimum atomic E-state index is 0.329. The third kappa shape index (κ3) is 9.40. The summed E-state index contributed by atoms with van der Waals surface area (Å²) in [6.07, 6.45) is 9.40. The molecule has 0 aliphatic heterocycles. The van der Waals surface area contributed by atoms with Gasteiger partial charge in [-0.2, -0.15) is 0 Å². The molecule has 0 aromatic rings. The predicted molar refractivity (Wildman–Crippen MR) is 88.4 cm³/mol. The molecule has 0 fully saturated rings. The molecule has 0 saturated heterocycles. The van der Waals surface area contributed by atoms with Crippen LogP contribution in [0.3, 0.4) is 0 Å². The maximum Gasteiger partial charge on any atom is 0.0550 e. The van der Waals surface area contributed by atoms with Crippen molar-refractivity contribution in [3.05, 3.63) is 23.9 Å². The summed E-state index contributed by atoms with van der Waals surface area (Å²) < 4.78 is 0. The lowest BCUT2D eigenvalue weighted by atomic mass is 10.0. The normalized spacial score (nSPS) is 15.0. The largest absolute Gasteiger partial charge is 0.294 e. The Kier molecular flexibility index (Phi) is 10.1. The van der Waals surface area contributed by atoms with E-state index in [1.54, 1.807) is 0 Å². The monoisotopic (exact) mass is 262 g/mol. The highest BCUT2D eigenvalue weighted by molar-refractivity contribution is 5.82. The topological polar surface area (TPSA) is 24.7 Å². The Balaban J connectivity index is 4.30. The number of aliphatic imine (C=N–C) groups is 2. The molecule has 0 aliphatic carbocycles. The fourth-order valence-corrected chi connectivity index (χ4v) is 1.87. The van der Waals surface area contributed by atoms with Crippen molar-refractivity contribution in [2.45, 2.75) is 72.8 Å². The van der Waals surface area contributed by atoms with E-state index in [0.29, 0.717) is 6.04 Å². The lowest BCUT2D eigenvalue weighted by Gasteiger charge is -2.12. The van der Waals surface area contributed by atoms with Crippen LogP contribution in [0, 0.1) is 0 Å². The quantitative estimate of drug-likeness (QED) is 0.395. The van der Waals surface area contributed by atoms with Gasteiger partial charge in [0.1, 0.15) is 0 Å². The molecule has 0 aromatic heterocycles. The van der Waals surface area contributed by atoms with Crippen LogP contribution in [0.25, 0.3) is 0 Å². The van der Waals surface area contributed by atoms with E-state index < -0.39 is 0 Å². The van der Waals surface area contributed by atoms with Gasteiger partial charge in [-0.15, -0.1) is 0 Å². The van der Waals surface area contributed by atoms with Crippen molar-refractivity contribution < 1.29 is 0 Å². The number of rotatable bonds is 9. The molecule has 108 valence electrons. The smallest absolute Gasteiger partial charge is 0.0550 e. The summed E-state index contributed by atoms with van der Waals surface area (Å²) in [6, 6.07) is 0.329. The molecule has 0 saturated carbocycles. The van der Waals surface area contributed by atoms with Crippen molar-refractivity contribution in [3.8, 4) is 0 Å². The molecule has 0 aliphatic rings. The van der Waals surface area contributed by atoms with Crippen LogP contribution in [0.2, 0.25) is 0 Å². The first-order chi connectivity index (χ1) is 9.03. The number of hydrogen-bond donors (Lipinski definition) is 0. The first-order valence-electron chi connectivity index (χ1n) is 7.34. The van der Waals surface area contributed by atoms with Gasteiger partial charge in [0.2, 0.25) is 0 Å². The minimum Gasteiger partial charge on any atom is -0.294 e. The summed E-state index contributed by atoms with van der Waals surface area (Å²) in [4.78, 5) is 9.06. The van der Waals surface area contributed by atoms with Gasteiger partial charge in [0.05, 0.1) is 6.04 Å². The van der Waals surface area contributed by atoms with Crippen LogP contribution < -0.4 is 0 Å². The van der Waals surface area contributed by atoms with E-state index in [9.17, 15) is 0 Å². The van der Waals surface area contributed by atoms with Gasteiger partial charge in [0.25, 0.3) is 0 Å². The van der Waals surface area contributed by atoms with Gasteiger partial charge in [-0.3, -0.25) is 9.98 Å². The summed E-state index contributed by atoms with van der Waals surface area (Å²) in [5, 5.41) is 0. The van der Waals surface area contributed by atoms with Crippen LogP contribution in [0.15, 0.2) is 33.9 Å². The zero-order valence-electron chi connectivity index (χ0n) is 13.4. The highest BCUT2D eigenvalue weighted by Crippen LogP contribution is 2.17. The second-order valence-electron chi connectivity index (χ2n) is 5.06. The zero-order chi connectivity index (χ0) is 14.7. The zero-order valence-corrected chi connectivity index (χ0v) is 13.4. The molecule has 0 aromatic carbocycles. The van der Waals surface area contributed by atoms with Gasteiger partial charge in [0, 0.05) is 17.8 Å². The van der Waals surface area contributed by atoms with Gasteiger partial charge >= 0.3 is 0 Å². The molecule has 0 amide bonds. The summed E-state index contributed by atoms with van der Waals surface area (Å²) in [6.45, 7) is 14.5. The number of hydrogen-bond acceptors (Lipinski definition) is 2. The number of allylic oxidation sites excluding steroid dienone is 2.